The number of nitrogens with zero attached hydrogens (tertiary/aromatic N) is 1. The Bertz CT molecular complexity index is 757. The van der Waals surface area contributed by atoms with Crippen LogP contribution in [0, 0.1) is 0 Å². The minimum atomic E-state index is -0.146. The average Bonchev–Trinajstić information content (AvgIpc) is 2.82. The summed E-state index contributed by atoms with van der Waals surface area (Å²) in [6, 6.07) is 10.8. The van der Waals surface area contributed by atoms with E-state index in [4.69, 9.17) is 5.73 Å². The van der Waals surface area contributed by atoms with Crippen LogP contribution in [0.4, 0.5) is 0 Å². The van der Waals surface area contributed by atoms with Crippen molar-refractivity contribution in [3.8, 4) is 11.5 Å². The summed E-state index contributed by atoms with van der Waals surface area (Å²) >= 11 is 0. The van der Waals surface area contributed by atoms with Gasteiger partial charge in [-0.2, -0.15) is 0 Å². The Balaban J connectivity index is 2.22. The van der Waals surface area contributed by atoms with Gasteiger partial charge in [0.25, 0.3) is 0 Å². The number of hydrogen-bond donors (Lipinski definition) is 3. The second-order valence-electron chi connectivity index (χ2n) is 4.03. The Kier molecular flexibility index (Phi) is 2.46. The Morgan fingerprint density at radius 2 is 1.94 bits per heavy atom. The van der Waals surface area contributed by atoms with E-state index in [0.717, 1.165) is 16.6 Å². The number of aromatic amines is 2. The third kappa shape index (κ3) is 1.70. The highest BCUT2D eigenvalue weighted by molar-refractivity contribution is 5.81. The zero-order valence-electron chi connectivity index (χ0n) is 9.60. The summed E-state index contributed by atoms with van der Waals surface area (Å²) in [4.78, 5) is 21.7. The van der Waals surface area contributed by atoms with Crippen LogP contribution in [-0.2, 0) is 6.54 Å². The quantitative estimate of drug-likeness (QED) is 0.632. The lowest BCUT2D eigenvalue weighted by Crippen LogP contribution is -2.03. The van der Waals surface area contributed by atoms with Crippen LogP contribution in [0.3, 0.4) is 0 Å². The molecule has 0 radical (unpaired) electrons. The molecule has 2 aromatic heterocycles. The normalized spacial score (nSPS) is 10.9. The van der Waals surface area contributed by atoms with Gasteiger partial charge in [-0.25, -0.2) is 4.98 Å². The largest absolute Gasteiger partial charge is 0.337 e. The zero-order valence-corrected chi connectivity index (χ0v) is 9.60. The number of nitrogens with two attached hydrogens (primary N) is 1. The van der Waals surface area contributed by atoms with Gasteiger partial charge >= 0.3 is 0 Å². The number of aromatic nitrogens is 3. The number of H-pyrrole nitrogens is 2. The highest BCUT2D eigenvalue weighted by atomic mass is 16.1. The molecule has 3 aromatic rings. The minimum absolute atomic E-state index is 0.146. The summed E-state index contributed by atoms with van der Waals surface area (Å²) in [7, 11) is 0. The van der Waals surface area contributed by atoms with Crippen LogP contribution in [0.2, 0.25) is 0 Å². The zero-order chi connectivity index (χ0) is 12.5. The fourth-order valence-electron chi connectivity index (χ4n) is 1.97. The number of para-hydroxylation sites is 1. The van der Waals surface area contributed by atoms with Gasteiger partial charge in [-0.15, -0.1) is 0 Å². The summed E-state index contributed by atoms with van der Waals surface area (Å²) in [5, 5.41) is 0. The van der Waals surface area contributed by atoms with Crippen LogP contribution in [-0.4, -0.2) is 15.0 Å². The molecule has 90 valence electrons. The van der Waals surface area contributed by atoms with Gasteiger partial charge in [-0.3, -0.25) is 4.79 Å². The molecule has 0 aliphatic rings. The number of pyridine rings is 1. The number of hydrogen-bond acceptors (Lipinski definition) is 3. The molecule has 5 heteroatoms. The molecule has 0 atom stereocenters. The number of benzene rings is 1. The predicted octanol–water partition coefficient (Wildman–Crippen LogP) is 1.38. The molecule has 0 aliphatic heterocycles. The fourth-order valence-corrected chi connectivity index (χ4v) is 1.97. The van der Waals surface area contributed by atoms with E-state index in [-0.39, 0.29) is 5.56 Å². The molecule has 18 heavy (non-hydrogen) atoms. The Morgan fingerprint density at radius 3 is 2.72 bits per heavy atom. The summed E-state index contributed by atoms with van der Waals surface area (Å²) in [5.41, 5.74) is 8.94. The van der Waals surface area contributed by atoms with Gasteiger partial charge in [-0.1, -0.05) is 18.2 Å². The second-order valence-corrected chi connectivity index (χ2v) is 4.03. The molecule has 2 heterocycles. The van der Waals surface area contributed by atoms with Crippen LogP contribution in [0.1, 0.15) is 5.56 Å². The molecule has 0 amide bonds. The third-order valence-corrected chi connectivity index (χ3v) is 2.84. The Labute approximate surface area is 103 Å². The van der Waals surface area contributed by atoms with E-state index < -0.39 is 0 Å². The van der Waals surface area contributed by atoms with Gasteiger partial charge in [0.05, 0.1) is 16.7 Å². The summed E-state index contributed by atoms with van der Waals surface area (Å²) in [6.45, 7) is 0.437. The third-order valence-electron chi connectivity index (χ3n) is 2.84. The first-order valence-corrected chi connectivity index (χ1v) is 5.65. The maximum absolute atomic E-state index is 11.3. The molecule has 3 rings (SSSR count). The summed E-state index contributed by atoms with van der Waals surface area (Å²) in [5.74, 6) is 0.642. The van der Waals surface area contributed by atoms with Gasteiger partial charge in [0.2, 0.25) is 5.56 Å². The molecule has 1 aromatic carbocycles. The van der Waals surface area contributed by atoms with Crippen molar-refractivity contribution in [2.45, 2.75) is 6.54 Å². The van der Waals surface area contributed by atoms with Gasteiger partial charge in [0.15, 0.2) is 5.82 Å². The van der Waals surface area contributed by atoms with E-state index in [1.807, 2.05) is 18.2 Å². The topological polar surface area (TPSA) is 87.6 Å². The Morgan fingerprint density at radius 1 is 1.11 bits per heavy atom. The first-order chi connectivity index (χ1) is 8.78. The maximum Gasteiger partial charge on any atom is 0.248 e. The predicted molar refractivity (Wildman–Crippen MR) is 70.0 cm³/mol. The number of fused-ring (bicyclic) bond motifs is 1. The molecular weight excluding hydrogens is 228 g/mol. The van der Waals surface area contributed by atoms with E-state index in [1.54, 1.807) is 12.1 Å². The monoisotopic (exact) mass is 240 g/mol. The first kappa shape index (κ1) is 10.7. The van der Waals surface area contributed by atoms with Gasteiger partial charge in [0.1, 0.15) is 0 Å². The SMILES string of the molecule is NCc1cccc2[nH]c(-c3cccc(=O)[nH]3)nc12. The molecule has 0 unspecified atom stereocenters. The van der Waals surface area contributed by atoms with Crippen molar-refractivity contribution < 1.29 is 0 Å². The highest BCUT2D eigenvalue weighted by Gasteiger charge is 2.08. The molecule has 0 saturated heterocycles. The minimum Gasteiger partial charge on any atom is -0.337 e. The molecule has 0 saturated carbocycles. The van der Waals surface area contributed by atoms with Crippen LogP contribution >= 0.6 is 0 Å². The first-order valence-electron chi connectivity index (χ1n) is 5.65. The lowest BCUT2D eigenvalue weighted by molar-refractivity contribution is 1.08. The highest BCUT2D eigenvalue weighted by Crippen LogP contribution is 2.20. The molecule has 0 aliphatic carbocycles. The van der Waals surface area contributed by atoms with E-state index in [0.29, 0.717) is 18.1 Å². The summed E-state index contributed by atoms with van der Waals surface area (Å²) < 4.78 is 0. The molecule has 0 spiro atoms. The van der Waals surface area contributed by atoms with E-state index in [2.05, 4.69) is 15.0 Å². The van der Waals surface area contributed by atoms with Crippen molar-refractivity contribution in [3.63, 3.8) is 0 Å². The standard InChI is InChI=1S/C13H12N4O/c14-7-8-3-1-4-9-12(8)17-13(16-9)10-5-2-6-11(18)15-10/h1-6H,7,14H2,(H,15,18)(H,16,17). The average molecular weight is 240 g/mol. The van der Waals surface area contributed by atoms with Gasteiger partial charge in [-0.05, 0) is 17.7 Å². The van der Waals surface area contributed by atoms with Crippen LogP contribution in [0.15, 0.2) is 41.2 Å². The second kappa shape index (κ2) is 4.12. The smallest absolute Gasteiger partial charge is 0.248 e. The molecule has 0 fully saturated rings. The molecule has 4 N–H and O–H groups in total. The van der Waals surface area contributed by atoms with Crippen molar-refractivity contribution >= 4 is 11.0 Å². The van der Waals surface area contributed by atoms with Crippen molar-refractivity contribution in [2.75, 3.05) is 0 Å². The molecular formula is C13H12N4O. The van der Waals surface area contributed by atoms with Crippen molar-refractivity contribution in [1.29, 1.82) is 0 Å². The van der Waals surface area contributed by atoms with Crippen molar-refractivity contribution in [2.24, 2.45) is 5.73 Å². The number of imidazole rings is 1. The van der Waals surface area contributed by atoms with E-state index in [1.165, 1.54) is 6.07 Å². The van der Waals surface area contributed by atoms with Crippen molar-refractivity contribution in [3.05, 3.63) is 52.3 Å². The molecule has 0 bridgehead atoms. The Hall–Kier alpha value is -2.40. The summed E-state index contributed by atoms with van der Waals surface area (Å²) in [6.07, 6.45) is 0. The fraction of sp³-hybridized carbons (Fsp3) is 0.0769. The molecule has 5 nitrogen and oxygen atoms in total. The van der Waals surface area contributed by atoms with Gasteiger partial charge < -0.3 is 15.7 Å². The van der Waals surface area contributed by atoms with Gasteiger partial charge in [0, 0.05) is 12.6 Å². The van der Waals surface area contributed by atoms with E-state index >= 15 is 0 Å². The number of rotatable bonds is 2. The van der Waals surface area contributed by atoms with Crippen LogP contribution in [0.25, 0.3) is 22.6 Å². The lowest BCUT2D eigenvalue weighted by atomic mass is 10.2. The maximum atomic E-state index is 11.3. The van der Waals surface area contributed by atoms with Crippen molar-refractivity contribution in [1.82, 2.24) is 15.0 Å². The number of nitrogens with one attached hydrogen (secondary N) is 2. The van der Waals surface area contributed by atoms with Crippen LogP contribution < -0.4 is 11.3 Å². The van der Waals surface area contributed by atoms with Crippen LogP contribution in [0.5, 0.6) is 0 Å². The lowest BCUT2D eigenvalue weighted by Gasteiger charge is -1.95. The van der Waals surface area contributed by atoms with E-state index in [9.17, 15) is 4.79 Å².